The van der Waals surface area contributed by atoms with Crippen LogP contribution < -0.4 is 5.73 Å². The van der Waals surface area contributed by atoms with Gasteiger partial charge in [-0.2, -0.15) is 5.10 Å². The Morgan fingerprint density at radius 2 is 2.24 bits per heavy atom. The van der Waals surface area contributed by atoms with Crippen molar-refractivity contribution >= 4 is 5.69 Å². The summed E-state index contributed by atoms with van der Waals surface area (Å²) in [6.07, 6.45) is 10.4. The second kappa shape index (κ2) is 6.05. The first-order chi connectivity index (χ1) is 8.29. The lowest BCUT2D eigenvalue weighted by atomic mass is 10.1. The molecule has 1 aliphatic heterocycles. The minimum atomic E-state index is 0.757. The van der Waals surface area contributed by atoms with Crippen LogP contribution in [-0.4, -0.2) is 33.8 Å². The van der Waals surface area contributed by atoms with Crippen molar-refractivity contribution in [3.8, 4) is 0 Å². The molecule has 2 N–H and O–H groups in total. The summed E-state index contributed by atoms with van der Waals surface area (Å²) in [4.78, 5) is 2.63. The van der Waals surface area contributed by atoms with Gasteiger partial charge in [0.2, 0.25) is 0 Å². The molecule has 4 heteroatoms. The average Bonchev–Trinajstić information content (AvgIpc) is 2.63. The van der Waals surface area contributed by atoms with E-state index in [1.807, 2.05) is 10.9 Å². The van der Waals surface area contributed by atoms with Crippen LogP contribution in [-0.2, 0) is 6.54 Å². The number of hydrogen-bond acceptors (Lipinski definition) is 3. The van der Waals surface area contributed by atoms with Crippen LogP contribution in [0.2, 0.25) is 0 Å². The molecule has 1 unspecified atom stereocenters. The highest BCUT2D eigenvalue weighted by Gasteiger charge is 2.18. The van der Waals surface area contributed by atoms with Gasteiger partial charge in [-0.25, -0.2) is 0 Å². The molecule has 17 heavy (non-hydrogen) atoms. The van der Waals surface area contributed by atoms with Crippen molar-refractivity contribution in [2.75, 3.05) is 18.8 Å². The minimum Gasteiger partial charge on any atom is -0.396 e. The van der Waals surface area contributed by atoms with Gasteiger partial charge in [-0.15, -0.1) is 0 Å². The monoisotopic (exact) mass is 236 g/mol. The summed E-state index contributed by atoms with van der Waals surface area (Å²) in [7, 11) is 0. The first kappa shape index (κ1) is 12.4. The van der Waals surface area contributed by atoms with Gasteiger partial charge in [0.05, 0.1) is 18.4 Å². The predicted molar refractivity (Wildman–Crippen MR) is 70.8 cm³/mol. The number of aromatic nitrogens is 2. The van der Waals surface area contributed by atoms with Crippen molar-refractivity contribution in [1.82, 2.24) is 14.7 Å². The zero-order valence-electron chi connectivity index (χ0n) is 10.8. The summed E-state index contributed by atoms with van der Waals surface area (Å²) in [6, 6.07) is 0.769. The fraction of sp³-hybridized carbons (Fsp3) is 0.769. The molecule has 4 nitrogen and oxygen atoms in total. The molecule has 0 radical (unpaired) electrons. The third-order valence-electron chi connectivity index (χ3n) is 3.74. The Kier molecular flexibility index (Phi) is 4.42. The maximum absolute atomic E-state index is 5.67. The lowest BCUT2D eigenvalue weighted by Crippen LogP contribution is -2.36. The van der Waals surface area contributed by atoms with Crippen molar-refractivity contribution in [2.24, 2.45) is 0 Å². The van der Waals surface area contributed by atoms with Crippen molar-refractivity contribution in [3.05, 3.63) is 12.4 Å². The van der Waals surface area contributed by atoms with Gasteiger partial charge in [0.1, 0.15) is 0 Å². The van der Waals surface area contributed by atoms with Crippen LogP contribution in [0.1, 0.15) is 39.0 Å². The normalized spacial score (nSPS) is 22.5. The molecular formula is C13H24N4. The SMILES string of the molecule is CCC1CCCCCN1CCn1cc(N)cn1. The van der Waals surface area contributed by atoms with Gasteiger partial charge in [-0.3, -0.25) is 9.58 Å². The summed E-state index contributed by atoms with van der Waals surface area (Å²) >= 11 is 0. The van der Waals surface area contributed by atoms with Crippen molar-refractivity contribution in [1.29, 1.82) is 0 Å². The largest absolute Gasteiger partial charge is 0.396 e. The number of likely N-dealkylation sites (tertiary alicyclic amines) is 1. The molecule has 1 atom stereocenters. The van der Waals surface area contributed by atoms with Crippen LogP contribution in [0.15, 0.2) is 12.4 Å². The Hall–Kier alpha value is -1.03. The van der Waals surface area contributed by atoms with Gasteiger partial charge in [-0.1, -0.05) is 19.8 Å². The summed E-state index contributed by atoms with van der Waals surface area (Å²) in [6.45, 7) is 5.59. The Morgan fingerprint density at radius 1 is 1.35 bits per heavy atom. The molecule has 0 bridgehead atoms. The molecule has 1 aliphatic rings. The Bertz CT molecular complexity index is 334. The zero-order valence-corrected chi connectivity index (χ0v) is 10.8. The van der Waals surface area contributed by atoms with E-state index in [0.29, 0.717) is 0 Å². The number of nitrogens with two attached hydrogens (primary N) is 1. The van der Waals surface area contributed by atoms with E-state index in [9.17, 15) is 0 Å². The highest BCUT2D eigenvalue weighted by molar-refractivity contribution is 5.30. The van der Waals surface area contributed by atoms with Gasteiger partial charge < -0.3 is 5.73 Å². The molecule has 1 aromatic heterocycles. The molecular weight excluding hydrogens is 212 g/mol. The standard InChI is InChI=1S/C13H24N4/c1-2-13-6-4-3-5-7-16(13)8-9-17-11-12(14)10-15-17/h10-11,13H,2-9,14H2,1H3. The average molecular weight is 236 g/mol. The van der Waals surface area contributed by atoms with E-state index >= 15 is 0 Å². The lowest BCUT2D eigenvalue weighted by Gasteiger charge is -2.28. The van der Waals surface area contributed by atoms with Crippen molar-refractivity contribution < 1.29 is 0 Å². The van der Waals surface area contributed by atoms with Gasteiger partial charge >= 0.3 is 0 Å². The van der Waals surface area contributed by atoms with Gasteiger partial charge in [-0.05, 0) is 25.8 Å². The number of nitrogens with zero attached hydrogens (tertiary/aromatic N) is 3. The quantitative estimate of drug-likeness (QED) is 0.871. The Balaban J connectivity index is 1.87. The molecule has 2 rings (SSSR count). The van der Waals surface area contributed by atoms with E-state index in [1.165, 1.54) is 38.6 Å². The molecule has 0 aromatic carbocycles. The van der Waals surface area contributed by atoms with Crippen molar-refractivity contribution in [2.45, 2.75) is 51.6 Å². The Labute approximate surface area is 104 Å². The molecule has 1 fully saturated rings. The maximum Gasteiger partial charge on any atom is 0.0719 e. The van der Waals surface area contributed by atoms with Gasteiger partial charge in [0.25, 0.3) is 0 Å². The van der Waals surface area contributed by atoms with Crippen LogP contribution in [0, 0.1) is 0 Å². The topological polar surface area (TPSA) is 47.1 Å². The summed E-state index contributed by atoms with van der Waals surface area (Å²) in [5.74, 6) is 0. The van der Waals surface area contributed by atoms with Crippen LogP contribution in [0.4, 0.5) is 5.69 Å². The zero-order chi connectivity index (χ0) is 12.1. The molecule has 0 spiro atoms. The predicted octanol–water partition coefficient (Wildman–Crippen LogP) is 2.12. The first-order valence-electron chi connectivity index (χ1n) is 6.81. The van der Waals surface area contributed by atoms with Crippen LogP contribution in [0.25, 0.3) is 0 Å². The first-order valence-corrected chi connectivity index (χ1v) is 6.81. The van der Waals surface area contributed by atoms with E-state index in [4.69, 9.17) is 5.73 Å². The smallest absolute Gasteiger partial charge is 0.0719 e. The van der Waals surface area contributed by atoms with Gasteiger partial charge in [0, 0.05) is 18.8 Å². The minimum absolute atomic E-state index is 0.757. The molecule has 1 saturated heterocycles. The third-order valence-corrected chi connectivity index (χ3v) is 3.74. The highest BCUT2D eigenvalue weighted by atomic mass is 15.3. The summed E-state index contributed by atoms with van der Waals surface area (Å²) < 4.78 is 1.95. The molecule has 0 amide bonds. The molecule has 0 saturated carbocycles. The molecule has 0 aliphatic carbocycles. The number of hydrogen-bond donors (Lipinski definition) is 1. The second-order valence-corrected chi connectivity index (χ2v) is 4.98. The summed E-state index contributed by atoms with van der Waals surface area (Å²) in [5.41, 5.74) is 6.43. The lowest BCUT2D eigenvalue weighted by molar-refractivity contribution is 0.185. The fourth-order valence-corrected chi connectivity index (χ4v) is 2.73. The van der Waals surface area contributed by atoms with E-state index in [1.54, 1.807) is 6.20 Å². The third kappa shape index (κ3) is 3.46. The van der Waals surface area contributed by atoms with Crippen LogP contribution in [0.3, 0.4) is 0 Å². The molecule has 2 heterocycles. The number of rotatable bonds is 4. The number of anilines is 1. The highest BCUT2D eigenvalue weighted by Crippen LogP contribution is 2.18. The Morgan fingerprint density at radius 3 is 2.94 bits per heavy atom. The van der Waals surface area contributed by atoms with Crippen molar-refractivity contribution in [3.63, 3.8) is 0 Å². The summed E-state index contributed by atoms with van der Waals surface area (Å²) in [5, 5.41) is 4.24. The van der Waals surface area contributed by atoms with E-state index in [0.717, 1.165) is 24.8 Å². The maximum atomic E-state index is 5.67. The van der Waals surface area contributed by atoms with Gasteiger partial charge in [0.15, 0.2) is 0 Å². The second-order valence-electron chi connectivity index (χ2n) is 4.98. The van der Waals surface area contributed by atoms with Crippen LogP contribution in [0.5, 0.6) is 0 Å². The van der Waals surface area contributed by atoms with E-state index < -0.39 is 0 Å². The van der Waals surface area contributed by atoms with E-state index in [2.05, 4.69) is 16.9 Å². The van der Waals surface area contributed by atoms with E-state index in [-0.39, 0.29) is 0 Å². The molecule has 96 valence electrons. The fourth-order valence-electron chi connectivity index (χ4n) is 2.73. The molecule has 1 aromatic rings. The van der Waals surface area contributed by atoms with Crippen LogP contribution >= 0.6 is 0 Å². The number of nitrogen functional groups attached to an aromatic ring is 1.